The first-order valence-corrected chi connectivity index (χ1v) is 8.87. The number of rotatable bonds is 3. The molecule has 1 aliphatic rings. The van der Waals surface area contributed by atoms with Gasteiger partial charge in [0.2, 0.25) is 10.0 Å². The zero-order valence-corrected chi connectivity index (χ0v) is 13.9. The Kier molecular flexibility index (Phi) is 3.77. The van der Waals surface area contributed by atoms with E-state index in [-0.39, 0.29) is 18.9 Å². The molecule has 2 aromatic carbocycles. The monoisotopic (exact) mass is 335 g/mol. The minimum atomic E-state index is -3.48. The van der Waals surface area contributed by atoms with Crippen LogP contribution in [0.4, 0.5) is 0 Å². The third-order valence-corrected chi connectivity index (χ3v) is 5.23. The maximum atomic E-state index is 12.6. The maximum Gasteiger partial charge on any atom is 0.211 e. The first kappa shape index (κ1) is 15.8. The van der Waals surface area contributed by atoms with Crippen LogP contribution in [-0.2, 0) is 16.6 Å². The molecule has 3 rings (SSSR count). The van der Waals surface area contributed by atoms with E-state index in [9.17, 15) is 13.2 Å². The van der Waals surface area contributed by atoms with Crippen LogP contribution < -0.4 is 9.47 Å². The molecule has 6 nitrogen and oxygen atoms in total. The Morgan fingerprint density at radius 3 is 2.09 bits per heavy atom. The van der Waals surface area contributed by atoms with Crippen molar-refractivity contribution in [3.63, 3.8) is 0 Å². The number of fused-ring (bicyclic) bond motifs is 2. The lowest BCUT2D eigenvalue weighted by atomic mass is 9.92. The summed E-state index contributed by atoms with van der Waals surface area (Å²) in [6.45, 7) is -0.103. The number of methoxy groups -OCH3 is 2. The van der Waals surface area contributed by atoms with Crippen molar-refractivity contribution in [3.8, 4) is 11.5 Å². The molecule has 0 aromatic heterocycles. The third kappa shape index (κ3) is 2.46. The van der Waals surface area contributed by atoms with E-state index in [2.05, 4.69) is 0 Å². The molecule has 0 amide bonds. The summed E-state index contributed by atoms with van der Waals surface area (Å²) in [5, 5.41) is 1.56. The SMILES string of the molecule is COc1c2c(c(OC)c3ccccc13)C(=O)CN(S(C)(=O)=O)C2. The van der Waals surface area contributed by atoms with Gasteiger partial charge in [0.1, 0.15) is 11.5 Å². The molecule has 0 atom stereocenters. The van der Waals surface area contributed by atoms with Gasteiger partial charge in [-0.3, -0.25) is 4.79 Å². The lowest BCUT2D eigenvalue weighted by Gasteiger charge is -2.29. The highest BCUT2D eigenvalue weighted by Gasteiger charge is 2.34. The minimum absolute atomic E-state index is 0.0876. The van der Waals surface area contributed by atoms with Gasteiger partial charge in [0.05, 0.1) is 32.6 Å². The van der Waals surface area contributed by atoms with Gasteiger partial charge in [-0.15, -0.1) is 0 Å². The number of sulfonamides is 1. The van der Waals surface area contributed by atoms with Crippen LogP contribution in [0.5, 0.6) is 11.5 Å². The summed E-state index contributed by atoms with van der Waals surface area (Å²) in [5.41, 5.74) is 0.952. The number of ether oxygens (including phenoxy) is 2. The number of hydrogen-bond donors (Lipinski definition) is 0. The molecule has 0 spiro atoms. The van der Waals surface area contributed by atoms with Crippen molar-refractivity contribution < 1.29 is 22.7 Å². The van der Waals surface area contributed by atoms with Gasteiger partial charge in [-0.05, 0) is 0 Å². The van der Waals surface area contributed by atoms with Crippen LogP contribution in [0.15, 0.2) is 24.3 Å². The van der Waals surface area contributed by atoms with Gasteiger partial charge in [-0.2, -0.15) is 4.31 Å². The topological polar surface area (TPSA) is 72.9 Å². The van der Waals surface area contributed by atoms with E-state index in [1.165, 1.54) is 14.2 Å². The van der Waals surface area contributed by atoms with Gasteiger partial charge < -0.3 is 9.47 Å². The van der Waals surface area contributed by atoms with Crippen molar-refractivity contribution in [2.24, 2.45) is 0 Å². The van der Waals surface area contributed by atoms with E-state index >= 15 is 0 Å². The molecule has 2 aromatic rings. The van der Waals surface area contributed by atoms with Crippen LogP contribution in [0.25, 0.3) is 10.8 Å². The number of ketones is 1. The fourth-order valence-electron chi connectivity index (χ4n) is 3.02. The lowest BCUT2D eigenvalue weighted by molar-refractivity contribution is 0.0945. The second-order valence-corrected chi connectivity index (χ2v) is 7.40. The third-order valence-electron chi connectivity index (χ3n) is 4.03. The molecular formula is C16H17NO5S. The predicted molar refractivity (Wildman–Crippen MR) is 86.6 cm³/mol. The Hall–Kier alpha value is -2.12. The highest BCUT2D eigenvalue weighted by atomic mass is 32.2. The molecule has 1 aliphatic heterocycles. The number of carbonyl (C=O) groups is 1. The van der Waals surface area contributed by atoms with E-state index < -0.39 is 10.0 Å². The predicted octanol–water partition coefficient (Wildman–Crippen LogP) is 1.81. The Labute approximate surface area is 134 Å². The van der Waals surface area contributed by atoms with Gasteiger partial charge in [0.25, 0.3) is 0 Å². The van der Waals surface area contributed by atoms with Gasteiger partial charge in [0, 0.05) is 22.9 Å². The van der Waals surface area contributed by atoms with Crippen molar-refractivity contribution in [1.82, 2.24) is 4.31 Å². The largest absolute Gasteiger partial charge is 0.496 e. The molecule has 0 radical (unpaired) electrons. The molecule has 0 saturated carbocycles. The molecule has 23 heavy (non-hydrogen) atoms. The first-order valence-electron chi connectivity index (χ1n) is 7.02. The summed E-state index contributed by atoms with van der Waals surface area (Å²) in [6, 6.07) is 7.43. The fraction of sp³-hybridized carbons (Fsp3) is 0.312. The van der Waals surface area contributed by atoms with Crippen LogP contribution in [0, 0.1) is 0 Å². The molecule has 0 fully saturated rings. The standard InChI is InChI=1S/C16H17NO5S/c1-21-15-10-6-4-5-7-11(10)16(22-2)14-12(15)8-17(9-13(14)18)23(3,19)20/h4-7H,8-9H2,1-3H3. The quantitative estimate of drug-likeness (QED) is 0.855. The Morgan fingerprint density at radius 1 is 1.00 bits per heavy atom. The summed E-state index contributed by atoms with van der Waals surface area (Å²) < 4.78 is 35.8. The highest BCUT2D eigenvalue weighted by molar-refractivity contribution is 7.88. The van der Waals surface area contributed by atoms with Crippen LogP contribution in [0.1, 0.15) is 15.9 Å². The number of carbonyl (C=O) groups excluding carboxylic acids is 1. The van der Waals surface area contributed by atoms with E-state index in [0.29, 0.717) is 22.6 Å². The fourth-order valence-corrected chi connectivity index (χ4v) is 3.74. The average molecular weight is 335 g/mol. The van der Waals surface area contributed by atoms with Gasteiger partial charge in [-0.1, -0.05) is 24.3 Å². The van der Waals surface area contributed by atoms with Crippen LogP contribution in [-0.4, -0.2) is 45.5 Å². The molecular weight excluding hydrogens is 318 g/mol. The lowest BCUT2D eigenvalue weighted by Crippen LogP contribution is -2.39. The smallest absolute Gasteiger partial charge is 0.211 e. The molecule has 0 bridgehead atoms. The van der Waals surface area contributed by atoms with Crippen molar-refractivity contribution in [2.75, 3.05) is 27.0 Å². The van der Waals surface area contributed by atoms with E-state index in [1.807, 2.05) is 24.3 Å². The second kappa shape index (κ2) is 5.50. The zero-order chi connectivity index (χ0) is 16.8. The van der Waals surface area contributed by atoms with Crippen molar-refractivity contribution >= 4 is 26.6 Å². The van der Waals surface area contributed by atoms with E-state index in [4.69, 9.17) is 9.47 Å². The summed E-state index contributed by atoms with van der Waals surface area (Å²) in [5.74, 6) is 0.685. The Morgan fingerprint density at radius 2 is 1.57 bits per heavy atom. The highest BCUT2D eigenvalue weighted by Crippen LogP contribution is 2.43. The minimum Gasteiger partial charge on any atom is -0.496 e. The second-order valence-electron chi connectivity index (χ2n) is 5.42. The summed E-state index contributed by atoms with van der Waals surface area (Å²) >= 11 is 0. The normalized spacial score (nSPS) is 15.5. The van der Waals surface area contributed by atoms with Gasteiger partial charge >= 0.3 is 0 Å². The van der Waals surface area contributed by atoms with Crippen LogP contribution in [0.3, 0.4) is 0 Å². The molecule has 0 N–H and O–H groups in total. The number of benzene rings is 2. The van der Waals surface area contributed by atoms with Crippen LogP contribution >= 0.6 is 0 Å². The molecule has 122 valence electrons. The Balaban J connectivity index is 2.38. The van der Waals surface area contributed by atoms with Crippen molar-refractivity contribution in [2.45, 2.75) is 6.54 Å². The van der Waals surface area contributed by atoms with Gasteiger partial charge in [0.15, 0.2) is 5.78 Å². The summed E-state index contributed by atoms with van der Waals surface area (Å²) in [7, 11) is -0.466. The molecule has 0 aliphatic carbocycles. The van der Waals surface area contributed by atoms with Crippen molar-refractivity contribution in [3.05, 3.63) is 35.4 Å². The first-order chi connectivity index (χ1) is 10.9. The molecule has 0 unspecified atom stereocenters. The molecule has 0 saturated heterocycles. The number of Topliss-reactive ketones (excluding diaryl/α,β-unsaturated/α-hetero) is 1. The van der Waals surface area contributed by atoms with Crippen LogP contribution in [0.2, 0.25) is 0 Å². The maximum absolute atomic E-state index is 12.6. The van der Waals surface area contributed by atoms with Gasteiger partial charge in [-0.25, -0.2) is 8.42 Å². The summed E-state index contributed by atoms with van der Waals surface area (Å²) in [6.07, 6.45) is 1.09. The number of hydrogen-bond acceptors (Lipinski definition) is 5. The average Bonchev–Trinajstić information content (AvgIpc) is 2.51. The molecule has 7 heteroatoms. The number of nitrogens with zero attached hydrogens (tertiary/aromatic N) is 1. The Bertz CT molecular complexity index is 904. The zero-order valence-electron chi connectivity index (χ0n) is 13.1. The van der Waals surface area contributed by atoms with E-state index in [1.54, 1.807) is 0 Å². The van der Waals surface area contributed by atoms with E-state index in [0.717, 1.165) is 21.3 Å². The summed E-state index contributed by atoms with van der Waals surface area (Å²) in [4.78, 5) is 12.6. The molecule has 1 heterocycles. The van der Waals surface area contributed by atoms with Crippen molar-refractivity contribution in [1.29, 1.82) is 0 Å².